The van der Waals surface area contributed by atoms with E-state index in [4.69, 9.17) is 5.73 Å². The lowest BCUT2D eigenvalue weighted by atomic mass is 9.78. The number of alkyl halides is 5. The van der Waals surface area contributed by atoms with E-state index in [2.05, 4.69) is 0 Å². The van der Waals surface area contributed by atoms with E-state index in [1.807, 2.05) is 0 Å². The minimum atomic E-state index is -5.72. The second-order valence-corrected chi connectivity index (χ2v) is 3.94. The molecule has 1 rings (SSSR count). The first-order valence-corrected chi connectivity index (χ1v) is 4.53. The summed E-state index contributed by atoms with van der Waals surface area (Å²) in [6.45, 7) is 0. The van der Waals surface area contributed by atoms with Crippen LogP contribution in [0.3, 0.4) is 0 Å². The largest absolute Gasteiger partial charge is 0.456 e. The Balaban J connectivity index is 2.86. The van der Waals surface area contributed by atoms with Gasteiger partial charge in [-0.2, -0.15) is 22.0 Å². The summed E-state index contributed by atoms with van der Waals surface area (Å²) in [7, 11) is 0. The standard InChI is InChI=1S/C8H12F5NO/c9-7(10,8(11,12)13)6(15)3-1-5(14)2-4-6/h5,15H,1-4,14H2. The fourth-order valence-corrected chi connectivity index (χ4v) is 1.70. The molecular formula is C8H12F5NO. The molecule has 2 nitrogen and oxygen atoms in total. The molecule has 0 unspecified atom stereocenters. The van der Waals surface area contributed by atoms with E-state index in [9.17, 15) is 27.1 Å². The number of halogens is 5. The molecule has 1 aliphatic carbocycles. The number of aliphatic hydroxyl groups is 1. The lowest BCUT2D eigenvalue weighted by molar-refractivity contribution is -0.346. The van der Waals surface area contributed by atoms with E-state index < -0.39 is 36.6 Å². The third-order valence-electron chi connectivity index (χ3n) is 2.80. The van der Waals surface area contributed by atoms with Gasteiger partial charge in [-0.25, -0.2) is 0 Å². The van der Waals surface area contributed by atoms with Gasteiger partial charge in [-0.1, -0.05) is 0 Å². The van der Waals surface area contributed by atoms with Crippen molar-refractivity contribution in [1.29, 1.82) is 0 Å². The molecule has 0 aliphatic heterocycles. The summed E-state index contributed by atoms with van der Waals surface area (Å²) in [6.07, 6.45) is -7.02. The van der Waals surface area contributed by atoms with Crippen molar-refractivity contribution < 1.29 is 27.1 Å². The van der Waals surface area contributed by atoms with Gasteiger partial charge in [0.05, 0.1) is 0 Å². The van der Waals surface area contributed by atoms with Crippen molar-refractivity contribution in [2.45, 2.75) is 49.4 Å². The molecule has 1 saturated carbocycles. The summed E-state index contributed by atoms with van der Waals surface area (Å²) >= 11 is 0. The average molecular weight is 233 g/mol. The zero-order valence-electron chi connectivity index (χ0n) is 7.82. The molecule has 0 radical (unpaired) electrons. The van der Waals surface area contributed by atoms with Crippen molar-refractivity contribution in [1.82, 2.24) is 0 Å². The van der Waals surface area contributed by atoms with Gasteiger partial charge in [0.15, 0.2) is 0 Å². The first kappa shape index (κ1) is 12.6. The van der Waals surface area contributed by atoms with Gasteiger partial charge in [-0.15, -0.1) is 0 Å². The first-order chi connectivity index (χ1) is 6.60. The highest BCUT2D eigenvalue weighted by Gasteiger charge is 2.69. The molecule has 0 aromatic carbocycles. The highest BCUT2D eigenvalue weighted by atomic mass is 19.4. The molecular weight excluding hydrogens is 221 g/mol. The van der Waals surface area contributed by atoms with Gasteiger partial charge in [0, 0.05) is 6.04 Å². The Morgan fingerprint density at radius 3 is 1.80 bits per heavy atom. The molecule has 0 spiro atoms. The Morgan fingerprint density at radius 2 is 1.47 bits per heavy atom. The summed E-state index contributed by atoms with van der Waals surface area (Å²) in [5.41, 5.74) is 2.37. The maximum atomic E-state index is 12.9. The SMILES string of the molecule is NC1CCC(O)(C(F)(F)C(F)(F)F)CC1. The van der Waals surface area contributed by atoms with Crippen LogP contribution in [-0.2, 0) is 0 Å². The fraction of sp³-hybridized carbons (Fsp3) is 1.00. The van der Waals surface area contributed by atoms with Gasteiger partial charge in [0.25, 0.3) is 0 Å². The Kier molecular flexibility index (Phi) is 2.99. The monoisotopic (exact) mass is 233 g/mol. The smallest absolute Gasteiger partial charge is 0.383 e. The van der Waals surface area contributed by atoms with Crippen LogP contribution in [0.15, 0.2) is 0 Å². The van der Waals surface area contributed by atoms with Gasteiger partial charge >= 0.3 is 12.1 Å². The van der Waals surface area contributed by atoms with Crippen LogP contribution in [0.25, 0.3) is 0 Å². The topological polar surface area (TPSA) is 46.2 Å². The molecule has 90 valence electrons. The molecule has 1 fully saturated rings. The molecule has 0 aromatic heterocycles. The minimum absolute atomic E-state index is 0.0256. The van der Waals surface area contributed by atoms with Gasteiger partial charge in [-0.3, -0.25) is 0 Å². The second kappa shape index (κ2) is 3.55. The zero-order valence-corrected chi connectivity index (χ0v) is 7.82. The van der Waals surface area contributed by atoms with E-state index in [-0.39, 0.29) is 12.8 Å². The lowest BCUT2D eigenvalue weighted by Crippen LogP contribution is -2.59. The highest BCUT2D eigenvalue weighted by molar-refractivity contribution is 5.01. The van der Waals surface area contributed by atoms with Crippen molar-refractivity contribution in [3.05, 3.63) is 0 Å². The van der Waals surface area contributed by atoms with Crippen LogP contribution >= 0.6 is 0 Å². The molecule has 0 amide bonds. The van der Waals surface area contributed by atoms with Crippen molar-refractivity contribution >= 4 is 0 Å². The molecule has 0 heterocycles. The summed E-state index contributed by atoms with van der Waals surface area (Å²) in [5, 5.41) is 9.33. The molecule has 0 bridgehead atoms. The third-order valence-corrected chi connectivity index (χ3v) is 2.80. The van der Waals surface area contributed by atoms with E-state index in [0.29, 0.717) is 0 Å². The van der Waals surface area contributed by atoms with Crippen LogP contribution in [0, 0.1) is 0 Å². The Labute approximate surface area is 83.2 Å². The van der Waals surface area contributed by atoms with Crippen LogP contribution in [0.1, 0.15) is 25.7 Å². The van der Waals surface area contributed by atoms with Crippen LogP contribution in [0.2, 0.25) is 0 Å². The molecule has 7 heteroatoms. The predicted molar refractivity (Wildman–Crippen MR) is 42.4 cm³/mol. The third kappa shape index (κ3) is 2.08. The molecule has 3 N–H and O–H groups in total. The highest BCUT2D eigenvalue weighted by Crippen LogP contribution is 2.49. The normalized spacial score (nSPS) is 34.2. The van der Waals surface area contributed by atoms with Crippen LogP contribution in [-0.4, -0.2) is 28.8 Å². The Bertz CT molecular complexity index is 232. The van der Waals surface area contributed by atoms with Gasteiger partial charge in [0.2, 0.25) is 0 Å². The Morgan fingerprint density at radius 1 is 1.07 bits per heavy atom. The predicted octanol–water partition coefficient (Wildman–Crippen LogP) is 1.82. The summed E-state index contributed by atoms with van der Waals surface area (Å²) in [4.78, 5) is 0. The average Bonchev–Trinajstić information content (AvgIpc) is 2.08. The number of nitrogens with two attached hydrogens (primary N) is 1. The van der Waals surface area contributed by atoms with E-state index in [0.717, 1.165) is 0 Å². The van der Waals surface area contributed by atoms with E-state index >= 15 is 0 Å². The number of hydrogen-bond acceptors (Lipinski definition) is 2. The quantitative estimate of drug-likeness (QED) is 0.678. The van der Waals surface area contributed by atoms with Crippen molar-refractivity contribution in [2.75, 3.05) is 0 Å². The maximum absolute atomic E-state index is 12.9. The zero-order chi connectivity index (χ0) is 11.9. The maximum Gasteiger partial charge on any atom is 0.456 e. The summed E-state index contributed by atoms with van der Waals surface area (Å²) in [6, 6.07) is -0.408. The molecule has 0 atom stereocenters. The fourth-order valence-electron chi connectivity index (χ4n) is 1.70. The van der Waals surface area contributed by atoms with Crippen LogP contribution in [0.4, 0.5) is 22.0 Å². The van der Waals surface area contributed by atoms with Crippen molar-refractivity contribution in [3.63, 3.8) is 0 Å². The molecule has 15 heavy (non-hydrogen) atoms. The number of hydrogen-bond donors (Lipinski definition) is 2. The van der Waals surface area contributed by atoms with Crippen LogP contribution in [0.5, 0.6) is 0 Å². The number of rotatable bonds is 1. The second-order valence-electron chi connectivity index (χ2n) is 3.94. The molecule has 0 saturated heterocycles. The molecule has 0 aromatic rings. The van der Waals surface area contributed by atoms with Gasteiger partial charge in [-0.05, 0) is 25.7 Å². The van der Waals surface area contributed by atoms with Crippen molar-refractivity contribution in [2.24, 2.45) is 5.73 Å². The van der Waals surface area contributed by atoms with E-state index in [1.54, 1.807) is 0 Å². The molecule has 1 aliphatic rings. The van der Waals surface area contributed by atoms with E-state index in [1.165, 1.54) is 0 Å². The summed E-state index contributed by atoms with van der Waals surface area (Å²) in [5.74, 6) is -5.07. The lowest BCUT2D eigenvalue weighted by Gasteiger charge is -2.40. The Hall–Kier alpha value is -0.430. The van der Waals surface area contributed by atoms with Crippen molar-refractivity contribution in [3.8, 4) is 0 Å². The van der Waals surface area contributed by atoms with Gasteiger partial charge in [0.1, 0.15) is 5.60 Å². The summed E-state index contributed by atoms with van der Waals surface area (Å²) < 4.78 is 61.9. The van der Waals surface area contributed by atoms with Gasteiger partial charge < -0.3 is 10.8 Å². The first-order valence-electron chi connectivity index (χ1n) is 4.53. The van der Waals surface area contributed by atoms with Crippen LogP contribution < -0.4 is 5.73 Å². The minimum Gasteiger partial charge on any atom is -0.383 e.